The maximum Gasteiger partial charge on any atom is 0.311 e. The van der Waals surface area contributed by atoms with Crippen molar-refractivity contribution in [1.29, 1.82) is 0 Å². The molecule has 1 saturated heterocycles. The summed E-state index contributed by atoms with van der Waals surface area (Å²) in [7, 11) is 1.33. The molecule has 1 aliphatic heterocycles. The topological polar surface area (TPSA) is 126 Å². The first-order chi connectivity index (χ1) is 22.9. The lowest BCUT2D eigenvalue weighted by atomic mass is 9.91. The van der Waals surface area contributed by atoms with E-state index < -0.39 is 48.7 Å². The molecule has 0 aromatic heterocycles. The third-order valence-corrected chi connectivity index (χ3v) is 10.0. The Labute approximate surface area is 288 Å². The molecule has 1 fully saturated rings. The van der Waals surface area contributed by atoms with Gasteiger partial charge in [-0.2, -0.15) is 0 Å². The molecule has 0 aromatic carbocycles. The van der Waals surface area contributed by atoms with E-state index >= 15 is 0 Å². The molecule has 0 bridgehead atoms. The standard InChI is InChI=1S/C39H76O8/c1-4-6-8-10-12-14-16-18-20-22-24-26-28-30-33(40)32(29-27-25-23-21-19-17-15-13-11-9-7-5-2)38(44)46-31-34-35(41)36(42)37(43)39(45-3)47-34/h32-37,39-43H,4-31H2,1-3H3/t32?,33?,34-,35-,36+,37-,39+/m1/s1. The Balaban J connectivity index is 2.41. The van der Waals surface area contributed by atoms with Gasteiger partial charge in [0.05, 0.1) is 12.0 Å². The highest BCUT2D eigenvalue weighted by atomic mass is 16.7. The van der Waals surface area contributed by atoms with Crippen LogP contribution in [-0.4, -0.2) is 76.9 Å². The maximum absolute atomic E-state index is 13.2. The molecule has 8 nitrogen and oxygen atoms in total. The first-order valence-corrected chi connectivity index (χ1v) is 19.9. The summed E-state index contributed by atoms with van der Waals surface area (Å²) in [6.45, 7) is 4.22. The van der Waals surface area contributed by atoms with Gasteiger partial charge in [0, 0.05) is 7.11 Å². The van der Waals surface area contributed by atoms with Crippen molar-refractivity contribution >= 4 is 5.97 Å². The highest BCUT2D eigenvalue weighted by Gasteiger charge is 2.44. The van der Waals surface area contributed by atoms with Crippen LogP contribution in [0.3, 0.4) is 0 Å². The van der Waals surface area contributed by atoms with E-state index in [-0.39, 0.29) is 6.61 Å². The summed E-state index contributed by atoms with van der Waals surface area (Å²) >= 11 is 0. The number of rotatable bonds is 32. The largest absolute Gasteiger partial charge is 0.463 e. The molecule has 4 N–H and O–H groups in total. The quantitative estimate of drug-likeness (QED) is 0.0414. The first kappa shape index (κ1) is 44.3. The second kappa shape index (κ2) is 30.1. The molecule has 1 aliphatic rings. The summed E-state index contributed by atoms with van der Waals surface area (Å²) in [6.07, 6.45) is 25.0. The van der Waals surface area contributed by atoms with Crippen LogP contribution in [0.2, 0.25) is 0 Å². The van der Waals surface area contributed by atoms with Gasteiger partial charge >= 0.3 is 5.97 Å². The van der Waals surface area contributed by atoms with Gasteiger partial charge in [-0.25, -0.2) is 0 Å². The van der Waals surface area contributed by atoms with Gasteiger partial charge in [0.15, 0.2) is 6.29 Å². The second-order valence-corrected chi connectivity index (χ2v) is 14.3. The lowest BCUT2D eigenvalue weighted by Crippen LogP contribution is -2.59. The monoisotopic (exact) mass is 673 g/mol. The number of esters is 1. The zero-order chi connectivity index (χ0) is 34.5. The van der Waals surface area contributed by atoms with E-state index in [9.17, 15) is 25.2 Å². The molecular formula is C39H76O8. The molecule has 1 rings (SSSR count). The average molecular weight is 673 g/mol. The summed E-state index contributed by atoms with van der Waals surface area (Å²) in [5.74, 6) is -1.13. The van der Waals surface area contributed by atoms with E-state index in [0.717, 1.165) is 38.5 Å². The summed E-state index contributed by atoms with van der Waals surface area (Å²) in [6, 6.07) is 0. The third-order valence-electron chi connectivity index (χ3n) is 10.0. The van der Waals surface area contributed by atoms with Crippen LogP contribution in [-0.2, 0) is 19.0 Å². The van der Waals surface area contributed by atoms with Crippen LogP contribution in [0.5, 0.6) is 0 Å². The van der Waals surface area contributed by atoms with E-state index in [0.29, 0.717) is 12.8 Å². The summed E-state index contributed by atoms with van der Waals surface area (Å²) < 4.78 is 16.1. The minimum atomic E-state index is -1.48. The number of hydrogen-bond donors (Lipinski definition) is 4. The SMILES string of the molecule is CCCCCCCCCCCCCCCC(O)C(CCCCCCCCCCCCCC)C(=O)OC[C@H]1O[C@H](OC)[C@H](O)[C@@H](O)[C@@H]1O. The van der Waals surface area contributed by atoms with E-state index in [4.69, 9.17) is 14.2 Å². The van der Waals surface area contributed by atoms with Crippen LogP contribution in [0.25, 0.3) is 0 Å². The smallest absolute Gasteiger partial charge is 0.311 e. The highest BCUT2D eigenvalue weighted by Crippen LogP contribution is 2.25. The van der Waals surface area contributed by atoms with E-state index in [2.05, 4.69) is 13.8 Å². The molecule has 0 aliphatic carbocycles. The minimum Gasteiger partial charge on any atom is -0.463 e. The second-order valence-electron chi connectivity index (χ2n) is 14.3. The third kappa shape index (κ3) is 21.1. The number of carbonyl (C=O) groups excluding carboxylic acids is 1. The summed E-state index contributed by atoms with van der Waals surface area (Å²) in [5.41, 5.74) is 0. The Morgan fingerprint density at radius 2 is 0.957 bits per heavy atom. The molecule has 1 heterocycles. The fourth-order valence-electron chi connectivity index (χ4n) is 6.77. The number of unbranched alkanes of at least 4 members (excludes halogenated alkanes) is 23. The molecule has 280 valence electrons. The number of hydrogen-bond acceptors (Lipinski definition) is 8. The van der Waals surface area contributed by atoms with Gasteiger partial charge in [0.1, 0.15) is 31.0 Å². The molecule has 0 radical (unpaired) electrons. The molecule has 0 saturated carbocycles. The number of ether oxygens (including phenoxy) is 3. The minimum absolute atomic E-state index is 0.288. The molecule has 0 aromatic rings. The van der Waals surface area contributed by atoms with Gasteiger partial charge in [-0.05, 0) is 12.8 Å². The average Bonchev–Trinajstić information content (AvgIpc) is 3.07. The van der Waals surface area contributed by atoms with Crippen LogP contribution in [0, 0.1) is 5.92 Å². The maximum atomic E-state index is 13.2. The van der Waals surface area contributed by atoms with Crippen molar-refractivity contribution in [3.05, 3.63) is 0 Å². The lowest BCUT2D eigenvalue weighted by molar-refractivity contribution is -0.295. The van der Waals surface area contributed by atoms with Crippen molar-refractivity contribution < 1.29 is 39.4 Å². The molecule has 7 atom stereocenters. The first-order valence-electron chi connectivity index (χ1n) is 19.9. The van der Waals surface area contributed by atoms with Gasteiger partial charge in [-0.15, -0.1) is 0 Å². The van der Waals surface area contributed by atoms with Gasteiger partial charge in [0.2, 0.25) is 0 Å². The van der Waals surface area contributed by atoms with Gasteiger partial charge in [-0.1, -0.05) is 174 Å². The number of carbonyl (C=O) groups is 1. The van der Waals surface area contributed by atoms with Crippen molar-refractivity contribution in [2.75, 3.05) is 13.7 Å². The molecule has 0 spiro atoms. The van der Waals surface area contributed by atoms with Gasteiger partial charge in [-0.3, -0.25) is 4.79 Å². The fraction of sp³-hybridized carbons (Fsp3) is 0.974. The molecular weight excluding hydrogens is 596 g/mol. The normalized spacial score (nSPS) is 22.7. The van der Waals surface area contributed by atoms with Crippen molar-refractivity contribution in [2.24, 2.45) is 5.92 Å². The Hall–Kier alpha value is -0.770. The molecule has 2 unspecified atom stereocenters. The van der Waals surface area contributed by atoms with Gasteiger partial charge in [0.25, 0.3) is 0 Å². The Morgan fingerprint density at radius 1 is 0.574 bits per heavy atom. The highest BCUT2D eigenvalue weighted by molar-refractivity contribution is 5.73. The predicted molar refractivity (Wildman–Crippen MR) is 190 cm³/mol. The van der Waals surface area contributed by atoms with Crippen LogP contribution in [0.15, 0.2) is 0 Å². The molecule has 0 amide bonds. The summed E-state index contributed by atoms with van der Waals surface area (Å²) in [4.78, 5) is 13.2. The Kier molecular flexibility index (Phi) is 28.3. The zero-order valence-electron chi connectivity index (χ0n) is 30.8. The van der Waals surface area contributed by atoms with E-state index in [1.807, 2.05) is 0 Å². The van der Waals surface area contributed by atoms with Crippen molar-refractivity contribution in [1.82, 2.24) is 0 Å². The molecule has 8 heteroatoms. The zero-order valence-corrected chi connectivity index (χ0v) is 30.8. The summed E-state index contributed by atoms with van der Waals surface area (Å²) in [5, 5.41) is 41.7. The van der Waals surface area contributed by atoms with Crippen LogP contribution in [0.4, 0.5) is 0 Å². The lowest BCUT2D eigenvalue weighted by Gasteiger charge is -2.39. The number of aliphatic hydroxyl groups excluding tert-OH is 4. The Bertz CT molecular complexity index is 704. The van der Waals surface area contributed by atoms with Crippen LogP contribution in [0.1, 0.15) is 187 Å². The van der Waals surface area contributed by atoms with Crippen molar-refractivity contribution in [3.63, 3.8) is 0 Å². The van der Waals surface area contributed by atoms with E-state index in [1.165, 1.54) is 129 Å². The van der Waals surface area contributed by atoms with Crippen LogP contribution < -0.4 is 0 Å². The Morgan fingerprint density at radius 3 is 1.36 bits per heavy atom. The fourth-order valence-corrected chi connectivity index (χ4v) is 6.77. The van der Waals surface area contributed by atoms with Crippen LogP contribution >= 0.6 is 0 Å². The predicted octanol–water partition coefficient (Wildman–Crippen LogP) is 8.53. The number of aliphatic hydroxyl groups is 4. The van der Waals surface area contributed by atoms with Crippen molar-refractivity contribution in [2.45, 2.75) is 224 Å². The van der Waals surface area contributed by atoms with E-state index in [1.54, 1.807) is 0 Å². The van der Waals surface area contributed by atoms with Gasteiger partial charge < -0.3 is 34.6 Å². The molecule has 47 heavy (non-hydrogen) atoms. The van der Waals surface area contributed by atoms with Crippen molar-refractivity contribution in [3.8, 4) is 0 Å². The number of methoxy groups -OCH3 is 1.